The molecule has 0 unspecified atom stereocenters. The van der Waals surface area contributed by atoms with Crippen LogP contribution < -0.4 is 9.47 Å². The Morgan fingerprint density at radius 1 is 1.14 bits per heavy atom. The van der Waals surface area contributed by atoms with Crippen molar-refractivity contribution in [2.75, 3.05) is 6.61 Å². The zero-order valence-corrected chi connectivity index (χ0v) is 11.3. The molecule has 0 aromatic heterocycles. The summed E-state index contributed by atoms with van der Waals surface area (Å²) in [7, 11) is 0. The van der Waals surface area contributed by atoms with Gasteiger partial charge in [0.15, 0.2) is 0 Å². The van der Waals surface area contributed by atoms with E-state index in [1.165, 1.54) is 24.3 Å². The number of esters is 1. The van der Waals surface area contributed by atoms with Gasteiger partial charge in [-0.3, -0.25) is 10.1 Å². The van der Waals surface area contributed by atoms with E-state index >= 15 is 0 Å². The molecule has 0 radical (unpaired) electrons. The molecular weight excluding hydrogens is 274 g/mol. The average molecular weight is 287 g/mol. The van der Waals surface area contributed by atoms with E-state index in [1.54, 1.807) is 24.3 Å². The molecule has 2 aromatic rings. The first kappa shape index (κ1) is 14.5. The minimum Gasteiger partial charge on any atom is -0.493 e. The molecule has 0 fully saturated rings. The Morgan fingerprint density at radius 2 is 1.81 bits per heavy atom. The lowest BCUT2D eigenvalue weighted by Crippen LogP contribution is -2.10. The summed E-state index contributed by atoms with van der Waals surface area (Å²) in [5, 5.41) is 10.6. The monoisotopic (exact) mass is 287 g/mol. The van der Waals surface area contributed by atoms with Crippen LogP contribution in [0.25, 0.3) is 0 Å². The fourth-order valence-corrected chi connectivity index (χ4v) is 1.71. The molecule has 0 atom stereocenters. The normalized spacial score (nSPS) is 9.95. The molecule has 0 saturated carbocycles. The minimum atomic E-state index is -0.576. The Balaban J connectivity index is 2.16. The second kappa shape index (κ2) is 6.51. The highest BCUT2D eigenvalue weighted by molar-refractivity contribution is 5.94. The number of hydrogen-bond donors (Lipinski definition) is 0. The summed E-state index contributed by atoms with van der Waals surface area (Å²) >= 11 is 0. The topological polar surface area (TPSA) is 78.7 Å². The highest BCUT2D eigenvalue weighted by atomic mass is 16.6. The fourth-order valence-electron chi connectivity index (χ4n) is 1.71. The van der Waals surface area contributed by atoms with Crippen LogP contribution >= 0.6 is 0 Å². The standard InChI is InChI=1S/C15H13NO5/c1-2-20-14-6-4-3-5-13(14)15(17)21-12-9-7-11(8-10-12)16(18)19/h3-10H,2H2,1H3. The first-order chi connectivity index (χ1) is 10.1. The van der Waals surface area contributed by atoms with Gasteiger partial charge >= 0.3 is 5.97 Å². The molecule has 0 bridgehead atoms. The second-order valence-electron chi connectivity index (χ2n) is 4.07. The van der Waals surface area contributed by atoms with Crippen molar-refractivity contribution in [2.24, 2.45) is 0 Å². The van der Waals surface area contributed by atoms with E-state index in [-0.39, 0.29) is 11.4 Å². The van der Waals surface area contributed by atoms with Gasteiger partial charge in [-0.1, -0.05) is 12.1 Å². The molecule has 0 N–H and O–H groups in total. The number of nitro groups is 1. The second-order valence-corrected chi connectivity index (χ2v) is 4.07. The summed E-state index contributed by atoms with van der Waals surface area (Å²) in [5.74, 6) is 0.0942. The number of carbonyl (C=O) groups excluding carboxylic acids is 1. The van der Waals surface area contributed by atoms with Crippen molar-refractivity contribution in [3.8, 4) is 11.5 Å². The highest BCUT2D eigenvalue weighted by Gasteiger charge is 2.15. The van der Waals surface area contributed by atoms with Crippen LogP contribution in [0.4, 0.5) is 5.69 Å². The van der Waals surface area contributed by atoms with Crippen LogP contribution in [0.5, 0.6) is 11.5 Å². The predicted molar refractivity (Wildman–Crippen MR) is 75.7 cm³/mol. The number of rotatable bonds is 5. The van der Waals surface area contributed by atoms with E-state index in [9.17, 15) is 14.9 Å². The number of nitro benzene ring substituents is 1. The quantitative estimate of drug-likeness (QED) is 0.365. The number of para-hydroxylation sites is 1. The molecule has 6 heteroatoms. The molecule has 0 aliphatic rings. The lowest BCUT2D eigenvalue weighted by Gasteiger charge is -2.09. The molecule has 2 aromatic carbocycles. The molecule has 21 heavy (non-hydrogen) atoms. The Bertz CT molecular complexity index is 651. The molecule has 2 rings (SSSR count). The number of hydrogen-bond acceptors (Lipinski definition) is 5. The summed E-state index contributed by atoms with van der Waals surface area (Å²) in [6, 6.07) is 12.0. The molecular formula is C15H13NO5. The van der Waals surface area contributed by atoms with Gasteiger partial charge in [0.1, 0.15) is 17.1 Å². The van der Waals surface area contributed by atoms with Crippen molar-refractivity contribution >= 4 is 11.7 Å². The summed E-state index contributed by atoms with van der Waals surface area (Å²) in [6.07, 6.45) is 0. The van der Waals surface area contributed by atoms with Gasteiger partial charge in [-0.25, -0.2) is 4.79 Å². The number of ether oxygens (including phenoxy) is 2. The maximum atomic E-state index is 12.1. The van der Waals surface area contributed by atoms with Gasteiger partial charge in [0.2, 0.25) is 0 Å². The number of nitrogens with zero attached hydrogens (tertiary/aromatic N) is 1. The van der Waals surface area contributed by atoms with Crippen LogP contribution in [-0.2, 0) is 0 Å². The van der Waals surface area contributed by atoms with Crippen molar-refractivity contribution < 1.29 is 19.2 Å². The number of non-ortho nitro benzene ring substituents is 1. The van der Waals surface area contributed by atoms with Gasteiger partial charge in [-0.2, -0.15) is 0 Å². The van der Waals surface area contributed by atoms with E-state index in [2.05, 4.69) is 0 Å². The maximum absolute atomic E-state index is 12.1. The van der Waals surface area contributed by atoms with E-state index in [4.69, 9.17) is 9.47 Å². The zero-order chi connectivity index (χ0) is 15.2. The third-order valence-electron chi connectivity index (χ3n) is 2.66. The first-order valence-corrected chi connectivity index (χ1v) is 6.30. The van der Waals surface area contributed by atoms with Crippen LogP contribution in [0, 0.1) is 10.1 Å². The van der Waals surface area contributed by atoms with E-state index in [1.807, 2.05) is 6.92 Å². The summed E-state index contributed by atoms with van der Waals surface area (Å²) in [6.45, 7) is 2.25. The molecule has 0 amide bonds. The summed E-state index contributed by atoms with van der Waals surface area (Å²) in [5.41, 5.74) is 0.238. The van der Waals surface area contributed by atoms with Gasteiger partial charge in [0.25, 0.3) is 5.69 Å². The molecule has 0 aliphatic carbocycles. The van der Waals surface area contributed by atoms with Gasteiger partial charge in [-0.05, 0) is 31.2 Å². The molecule has 108 valence electrons. The molecule has 0 aliphatic heterocycles. The molecule has 6 nitrogen and oxygen atoms in total. The largest absolute Gasteiger partial charge is 0.493 e. The molecule has 0 heterocycles. The van der Waals surface area contributed by atoms with Crippen molar-refractivity contribution in [3.63, 3.8) is 0 Å². The van der Waals surface area contributed by atoms with Crippen molar-refractivity contribution in [3.05, 3.63) is 64.2 Å². The third kappa shape index (κ3) is 3.56. The lowest BCUT2D eigenvalue weighted by atomic mass is 10.2. The fraction of sp³-hybridized carbons (Fsp3) is 0.133. The number of carbonyl (C=O) groups is 1. The van der Waals surface area contributed by atoms with Crippen molar-refractivity contribution in [1.29, 1.82) is 0 Å². The summed E-state index contributed by atoms with van der Waals surface area (Å²) < 4.78 is 10.5. The highest BCUT2D eigenvalue weighted by Crippen LogP contribution is 2.22. The van der Waals surface area contributed by atoms with Crippen LogP contribution in [0.1, 0.15) is 17.3 Å². The van der Waals surface area contributed by atoms with Gasteiger partial charge in [-0.15, -0.1) is 0 Å². The van der Waals surface area contributed by atoms with Gasteiger partial charge in [0.05, 0.1) is 11.5 Å². The SMILES string of the molecule is CCOc1ccccc1C(=O)Oc1ccc([N+](=O)[O-])cc1. The van der Waals surface area contributed by atoms with Crippen molar-refractivity contribution in [1.82, 2.24) is 0 Å². The summed E-state index contributed by atoms with van der Waals surface area (Å²) in [4.78, 5) is 22.1. The Labute approximate surface area is 121 Å². The van der Waals surface area contributed by atoms with Crippen LogP contribution in [-0.4, -0.2) is 17.5 Å². The van der Waals surface area contributed by atoms with Crippen LogP contribution in [0.15, 0.2) is 48.5 Å². The zero-order valence-electron chi connectivity index (χ0n) is 11.3. The smallest absolute Gasteiger partial charge is 0.347 e. The van der Waals surface area contributed by atoms with E-state index in [0.717, 1.165) is 0 Å². The Hall–Kier alpha value is -2.89. The lowest BCUT2D eigenvalue weighted by molar-refractivity contribution is -0.384. The first-order valence-electron chi connectivity index (χ1n) is 6.30. The minimum absolute atomic E-state index is 0.0653. The average Bonchev–Trinajstić information content (AvgIpc) is 2.48. The Morgan fingerprint density at radius 3 is 2.43 bits per heavy atom. The van der Waals surface area contributed by atoms with Crippen LogP contribution in [0.3, 0.4) is 0 Å². The number of benzene rings is 2. The van der Waals surface area contributed by atoms with E-state index in [0.29, 0.717) is 17.9 Å². The predicted octanol–water partition coefficient (Wildman–Crippen LogP) is 3.21. The maximum Gasteiger partial charge on any atom is 0.347 e. The van der Waals surface area contributed by atoms with Gasteiger partial charge in [0, 0.05) is 12.1 Å². The van der Waals surface area contributed by atoms with Crippen LogP contribution in [0.2, 0.25) is 0 Å². The Kier molecular flexibility index (Phi) is 4.50. The van der Waals surface area contributed by atoms with Gasteiger partial charge < -0.3 is 9.47 Å². The molecule has 0 saturated heterocycles. The molecule has 0 spiro atoms. The van der Waals surface area contributed by atoms with Crippen molar-refractivity contribution in [2.45, 2.75) is 6.92 Å². The van der Waals surface area contributed by atoms with E-state index < -0.39 is 10.9 Å². The third-order valence-corrected chi connectivity index (χ3v) is 2.66.